The van der Waals surface area contributed by atoms with Crippen LogP contribution < -0.4 is 14.0 Å². The molecule has 2 N–H and O–H groups in total. The zero-order chi connectivity index (χ0) is 16.3. The van der Waals surface area contributed by atoms with E-state index in [1.54, 1.807) is 24.4 Å². The molecule has 0 atom stereocenters. The average Bonchev–Trinajstić information content (AvgIpc) is 2.41. The van der Waals surface area contributed by atoms with Crippen molar-refractivity contribution in [3.8, 4) is 5.75 Å². The van der Waals surface area contributed by atoms with Crippen LogP contribution in [0, 0.1) is 5.82 Å². The van der Waals surface area contributed by atoms with Crippen molar-refractivity contribution in [2.45, 2.75) is 21.2 Å². The predicted molar refractivity (Wildman–Crippen MR) is 94.9 cm³/mol. The standard InChI is InChI=1S/C13H11BrFN2O.3CH3.Sn/c14-10-7-12(13(16)17-8-10)18-5-4-9-2-1-3-11(15)6-9;;;;/h1,3,6-8H,4-5H2,(H2,16,17);3*1H3;. The van der Waals surface area contributed by atoms with E-state index in [4.69, 9.17) is 10.5 Å². The van der Waals surface area contributed by atoms with E-state index < -0.39 is 18.4 Å². The second-order valence-corrected chi connectivity index (χ2v) is 21.5. The molecule has 0 aliphatic carbocycles. The van der Waals surface area contributed by atoms with E-state index in [9.17, 15) is 4.39 Å². The van der Waals surface area contributed by atoms with Gasteiger partial charge in [-0.15, -0.1) is 0 Å². The van der Waals surface area contributed by atoms with Gasteiger partial charge in [-0.25, -0.2) is 0 Å². The van der Waals surface area contributed by atoms with Crippen LogP contribution in [0.1, 0.15) is 5.56 Å². The molecule has 3 nitrogen and oxygen atoms in total. The quantitative estimate of drug-likeness (QED) is 0.673. The van der Waals surface area contributed by atoms with Crippen LogP contribution in [0.4, 0.5) is 10.2 Å². The van der Waals surface area contributed by atoms with Gasteiger partial charge < -0.3 is 0 Å². The summed E-state index contributed by atoms with van der Waals surface area (Å²) in [6.07, 6.45) is 2.29. The Morgan fingerprint density at radius 1 is 1.27 bits per heavy atom. The fourth-order valence-electron chi connectivity index (χ4n) is 2.32. The van der Waals surface area contributed by atoms with Crippen molar-refractivity contribution in [2.24, 2.45) is 0 Å². The van der Waals surface area contributed by atoms with Crippen LogP contribution in [-0.2, 0) is 6.42 Å². The molecule has 0 aliphatic rings. The van der Waals surface area contributed by atoms with Crippen molar-refractivity contribution in [3.05, 3.63) is 46.3 Å². The van der Waals surface area contributed by atoms with E-state index in [1.165, 1.54) is 3.58 Å². The number of aromatic nitrogens is 1. The summed E-state index contributed by atoms with van der Waals surface area (Å²) in [6, 6.07) is 6.91. The van der Waals surface area contributed by atoms with Crippen molar-refractivity contribution < 1.29 is 9.13 Å². The summed E-state index contributed by atoms with van der Waals surface area (Å²) in [5.41, 5.74) is 6.83. The normalized spacial score (nSPS) is 11.5. The molecular formula is C16H20BrFN2OSn. The van der Waals surface area contributed by atoms with Gasteiger partial charge in [0.15, 0.2) is 0 Å². The Morgan fingerprint density at radius 2 is 2.00 bits per heavy atom. The molecule has 2 aromatic rings. The van der Waals surface area contributed by atoms with Gasteiger partial charge in [0.2, 0.25) is 0 Å². The van der Waals surface area contributed by atoms with Crippen LogP contribution in [0.3, 0.4) is 0 Å². The fraction of sp³-hybridized carbons (Fsp3) is 0.312. The molecule has 1 heterocycles. The Bertz CT molecular complexity index is 674. The second kappa shape index (κ2) is 7.17. The van der Waals surface area contributed by atoms with Crippen LogP contribution in [0.15, 0.2) is 34.9 Å². The molecule has 0 saturated carbocycles. The number of ether oxygens (including phenoxy) is 1. The van der Waals surface area contributed by atoms with Gasteiger partial charge in [0, 0.05) is 0 Å². The molecule has 118 valence electrons. The molecule has 0 bridgehead atoms. The summed E-state index contributed by atoms with van der Waals surface area (Å²) in [6.45, 7) is 0.445. The number of halogens is 2. The first-order valence-corrected chi connectivity index (χ1v) is 17.9. The van der Waals surface area contributed by atoms with Crippen molar-refractivity contribution in [3.63, 3.8) is 0 Å². The molecule has 0 fully saturated rings. The fourth-order valence-corrected chi connectivity index (χ4v) is 7.61. The second-order valence-electron chi connectivity index (χ2n) is 6.19. The Kier molecular flexibility index (Phi) is 5.71. The molecule has 1 aromatic heterocycles. The molecule has 0 aliphatic heterocycles. The van der Waals surface area contributed by atoms with E-state index in [0.717, 1.165) is 10.0 Å². The summed E-state index contributed by atoms with van der Waals surface area (Å²) < 4.78 is 21.4. The average molecular weight is 474 g/mol. The van der Waals surface area contributed by atoms with Gasteiger partial charge in [-0.1, -0.05) is 0 Å². The van der Waals surface area contributed by atoms with Crippen LogP contribution >= 0.6 is 15.9 Å². The minimum atomic E-state index is -2.27. The Hall–Kier alpha value is -0.821. The molecular weight excluding hydrogens is 454 g/mol. The van der Waals surface area contributed by atoms with E-state index >= 15 is 0 Å². The Balaban J connectivity index is 2.12. The summed E-state index contributed by atoms with van der Waals surface area (Å²) >= 11 is 1.07. The first-order valence-electron chi connectivity index (χ1n) is 7.10. The minimum absolute atomic E-state index is 0.196. The van der Waals surface area contributed by atoms with Gasteiger partial charge in [-0.05, 0) is 0 Å². The van der Waals surface area contributed by atoms with Crippen molar-refractivity contribution in [2.75, 3.05) is 12.3 Å². The number of nitrogen functional groups attached to an aromatic ring is 1. The third-order valence-corrected chi connectivity index (χ3v) is 9.79. The van der Waals surface area contributed by atoms with Crippen LogP contribution in [0.25, 0.3) is 0 Å². The number of rotatable bonds is 5. The zero-order valence-corrected chi connectivity index (χ0v) is 17.4. The molecule has 0 saturated heterocycles. The van der Waals surface area contributed by atoms with Crippen molar-refractivity contribution >= 4 is 43.7 Å². The molecule has 22 heavy (non-hydrogen) atoms. The number of hydrogen-bond acceptors (Lipinski definition) is 3. The number of anilines is 1. The molecule has 0 unspecified atom stereocenters. The van der Waals surface area contributed by atoms with E-state index in [-0.39, 0.29) is 5.82 Å². The summed E-state index contributed by atoms with van der Waals surface area (Å²) in [7, 11) is 0. The molecule has 2 rings (SSSR count). The van der Waals surface area contributed by atoms with E-state index in [1.807, 2.05) is 6.07 Å². The van der Waals surface area contributed by atoms with Crippen LogP contribution in [0.5, 0.6) is 5.75 Å². The molecule has 0 radical (unpaired) electrons. The summed E-state index contributed by atoms with van der Waals surface area (Å²) in [5, 5.41) is 0. The van der Waals surface area contributed by atoms with Gasteiger partial charge in [-0.2, -0.15) is 0 Å². The molecule has 1 aromatic carbocycles. The number of nitrogens with two attached hydrogens (primary N) is 1. The maximum atomic E-state index is 13.5. The number of nitrogens with zero attached hydrogens (tertiary/aromatic N) is 1. The van der Waals surface area contributed by atoms with E-state index in [2.05, 4.69) is 35.7 Å². The summed E-state index contributed by atoms with van der Waals surface area (Å²) in [5.74, 6) is 0.710. The van der Waals surface area contributed by atoms with Gasteiger partial charge in [0.25, 0.3) is 0 Å². The topological polar surface area (TPSA) is 48.1 Å². The predicted octanol–water partition coefficient (Wildman–Crippen LogP) is 3.73. The molecule has 6 heteroatoms. The number of pyridine rings is 1. The van der Waals surface area contributed by atoms with Crippen molar-refractivity contribution in [1.29, 1.82) is 0 Å². The Labute approximate surface area is 143 Å². The van der Waals surface area contributed by atoms with Gasteiger partial charge in [0.05, 0.1) is 0 Å². The third kappa shape index (κ3) is 4.59. The SMILES string of the molecule is [CH3][Sn]([CH3])([CH3])[c]1ccc(F)cc1CCOc1cc(Br)cnc1N. The zero-order valence-electron chi connectivity index (χ0n) is 13.0. The first kappa shape index (κ1) is 17.5. The first-order chi connectivity index (χ1) is 10.3. The molecule has 0 amide bonds. The van der Waals surface area contributed by atoms with Gasteiger partial charge >= 0.3 is 143 Å². The summed E-state index contributed by atoms with van der Waals surface area (Å²) in [4.78, 5) is 11.0. The van der Waals surface area contributed by atoms with E-state index in [0.29, 0.717) is 24.6 Å². The monoisotopic (exact) mass is 474 g/mol. The number of hydrogen-bond donors (Lipinski definition) is 1. The number of benzene rings is 1. The van der Waals surface area contributed by atoms with Crippen LogP contribution in [0.2, 0.25) is 14.8 Å². The molecule has 0 spiro atoms. The van der Waals surface area contributed by atoms with Gasteiger partial charge in [0.1, 0.15) is 0 Å². The third-order valence-electron chi connectivity index (χ3n) is 3.35. The van der Waals surface area contributed by atoms with Gasteiger partial charge in [-0.3, -0.25) is 0 Å². The Morgan fingerprint density at radius 3 is 2.68 bits per heavy atom. The van der Waals surface area contributed by atoms with Crippen molar-refractivity contribution in [1.82, 2.24) is 4.98 Å². The maximum absolute atomic E-state index is 13.5. The van der Waals surface area contributed by atoms with Crippen LogP contribution in [-0.4, -0.2) is 30.0 Å².